The lowest BCUT2D eigenvalue weighted by Crippen LogP contribution is -2.29. The van der Waals surface area contributed by atoms with Crippen LogP contribution in [0.1, 0.15) is 58.3 Å². The number of carbonyl (C=O) groups is 3. The van der Waals surface area contributed by atoms with Crippen molar-refractivity contribution in [1.29, 1.82) is 0 Å². The molecule has 0 fully saturated rings. The van der Waals surface area contributed by atoms with Crippen LogP contribution in [0.4, 0.5) is 0 Å². The Bertz CT molecular complexity index is 1580. The van der Waals surface area contributed by atoms with Gasteiger partial charge in [0.25, 0.3) is 0 Å². The van der Waals surface area contributed by atoms with E-state index in [1.54, 1.807) is 89.4 Å². The van der Waals surface area contributed by atoms with Crippen LogP contribution in [0.25, 0.3) is 16.2 Å². The van der Waals surface area contributed by atoms with Gasteiger partial charge in [0.05, 0.1) is 25.0 Å². The number of amides is 1. The minimum Gasteiger partial charge on any atom is -0.497 e. The maximum atomic E-state index is 14.7. The number of hydrogen-bond acceptors (Lipinski definition) is 11. The molecule has 250 valence electrons. The number of rotatable bonds is 13. The summed E-state index contributed by atoms with van der Waals surface area (Å²) in [5, 5.41) is 5.21. The molecule has 46 heavy (non-hydrogen) atoms. The van der Waals surface area contributed by atoms with E-state index < -0.39 is 55.5 Å². The van der Waals surface area contributed by atoms with Gasteiger partial charge >= 0.3 is 19.5 Å². The van der Waals surface area contributed by atoms with Crippen LogP contribution in [-0.2, 0) is 37.5 Å². The van der Waals surface area contributed by atoms with Gasteiger partial charge in [0.1, 0.15) is 11.5 Å². The summed E-state index contributed by atoms with van der Waals surface area (Å²) in [7, 11) is -1.60. The molecule has 1 N–H and O–H groups in total. The number of nitrogens with one attached hydrogen (secondary N) is 1. The van der Waals surface area contributed by atoms with Crippen LogP contribution >= 0.6 is 30.5 Å². The van der Waals surface area contributed by atoms with Gasteiger partial charge in [0.2, 0.25) is 19.5 Å². The largest absolute Gasteiger partial charge is 0.497 e. The Morgan fingerprint density at radius 3 is 1.93 bits per heavy atom. The maximum absolute atomic E-state index is 14.7. The van der Waals surface area contributed by atoms with Crippen LogP contribution in [0.2, 0.25) is 5.02 Å². The summed E-state index contributed by atoms with van der Waals surface area (Å²) in [5.41, 5.74) is -2.46. The van der Waals surface area contributed by atoms with Crippen molar-refractivity contribution in [2.24, 2.45) is 10.8 Å². The number of ether oxygens (including phenoxy) is 4. The lowest BCUT2D eigenvalue weighted by molar-refractivity contribution is -0.162. The monoisotopic (exact) mass is 695 g/mol. The van der Waals surface area contributed by atoms with Gasteiger partial charge in [-0.1, -0.05) is 11.6 Å². The van der Waals surface area contributed by atoms with E-state index in [1.165, 1.54) is 31.8 Å². The summed E-state index contributed by atoms with van der Waals surface area (Å²) < 4.78 is 47.7. The van der Waals surface area contributed by atoms with Gasteiger partial charge in [-0.25, -0.2) is 0 Å². The fourth-order valence-electron chi connectivity index (χ4n) is 3.84. The molecule has 0 aliphatic rings. The summed E-state index contributed by atoms with van der Waals surface area (Å²) in [6.45, 7) is 8.23. The normalized spacial score (nSPS) is 13.0. The fraction of sp³-hybridized carbons (Fsp3) is 0.406. The first kappa shape index (κ1) is 37.1. The molecule has 2 aromatic carbocycles. The molecule has 0 spiro atoms. The van der Waals surface area contributed by atoms with E-state index in [0.717, 1.165) is 4.70 Å². The van der Waals surface area contributed by atoms with Crippen molar-refractivity contribution in [1.82, 2.24) is 5.32 Å². The first-order chi connectivity index (χ1) is 21.5. The standard InChI is InChI=1S/C32H39ClNO10PS/c1-31(2,3)29(36)41-18-43-45(38,44-19-42-30(37)32(4,5)6)27(25-17-46-26-10-9-21(33)15-24(25)26)28(35)34-12-11-20-13-22(39-7)16-23(14-20)40-8/h9-17,27H,18-19H2,1-8H3,(H,34,35)/b12-11+. The van der Waals surface area contributed by atoms with Gasteiger partial charge in [0.15, 0.2) is 5.66 Å². The summed E-state index contributed by atoms with van der Waals surface area (Å²) in [5.74, 6) is -0.984. The van der Waals surface area contributed by atoms with Crippen molar-refractivity contribution >= 4 is 64.5 Å². The maximum Gasteiger partial charge on any atom is 0.353 e. The molecule has 1 heterocycles. The molecule has 11 nitrogen and oxygen atoms in total. The second kappa shape index (κ2) is 15.5. The molecule has 0 bridgehead atoms. The van der Waals surface area contributed by atoms with Crippen molar-refractivity contribution < 1.29 is 46.9 Å². The molecule has 0 aliphatic carbocycles. The van der Waals surface area contributed by atoms with E-state index in [0.29, 0.717) is 27.5 Å². The van der Waals surface area contributed by atoms with Crippen LogP contribution in [0, 0.1) is 10.8 Å². The lowest BCUT2D eigenvalue weighted by Gasteiger charge is -2.27. The lowest BCUT2D eigenvalue weighted by atomic mass is 9.98. The van der Waals surface area contributed by atoms with Crippen molar-refractivity contribution in [3.8, 4) is 11.5 Å². The Balaban J connectivity index is 2.04. The highest BCUT2D eigenvalue weighted by atomic mass is 35.5. The van der Waals surface area contributed by atoms with Crippen molar-refractivity contribution in [2.75, 3.05) is 27.8 Å². The number of thiophene rings is 1. The summed E-state index contributed by atoms with van der Waals surface area (Å²) in [4.78, 5) is 38.9. The zero-order valence-electron chi connectivity index (χ0n) is 27.0. The SMILES string of the molecule is COc1cc(/C=C/NC(=O)C(c2csc3ccc(Cl)cc23)P(=O)(OCOC(=O)C(C)(C)C)OCOC(=O)C(C)(C)C)cc(OC)c1. The van der Waals surface area contributed by atoms with Gasteiger partial charge in [-0.15, -0.1) is 11.3 Å². The molecule has 0 radical (unpaired) electrons. The average molecular weight is 696 g/mol. The second-order valence-electron chi connectivity index (χ2n) is 12.1. The van der Waals surface area contributed by atoms with E-state index >= 15 is 0 Å². The van der Waals surface area contributed by atoms with E-state index in [1.807, 2.05) is 0 Å². The Kier molecular flexibility index (Phi) is 12.4. The van der Waals surface area contributed by atoms with Crippen molar-refractivity contribution in [3.05, 3.63) is 64.1 Å². The summed E-state index contributed by atoms with van der Waals surface area (Å²) >= 11 is 7.59. The highest BCUT2D eigenvalue weighted by molar-refractivity contribution is 7.55. The third kappa shape index (κ3) is 9.80. The Hall–Kier alpha value is -3.41. The molecule has 0 aliphatic heterocycles. The van der Waals surface area contributed by atoms with Gasteiger partial charge < -0.3 is 24.3 Å². The number of carbonyl (C=O) groups excluding carboxylic acids is 3. The van der Waals surface area contributed by atoms with Crippen LogP contribution in [0.15, 0.2) is 48.0 Å². The number of methoxy groups -OCH3 is 2. The smallest absolute Gasteiger partial charge is 0.353 e. The van der Waals surface area contributed by atoms with E-state index in [9.17, 15) is 18.9 Å². The molecular weight excluding hydrogens is 657 g/mol. The number of halogens is 1. The molecule has 0 saturated heterocycles. The Morgan fingerprint density at radius 2 is 1.43 bits per heavy atom. The van der Waals surface area contributed by atoms with Crippen LogP contribution in [0.3, 0.4) is 0 Å². The molecule has 3 aromatic rings. The van der Waals surface area contributed by atoms with E-state index in [-0.39, 0.29) is 5.56 Å². The fourth-order valence-corrected chi connectivity index (χ4v) is 6.77. The Morgan fingerprint density at radius 1 is 0.891 bits per heavy atom. The van der Waals surface area contributed by atoms with Gasteiger partial charge in [-0.3, -0.25) is 28.0 Å². The Labute approximate surface area is 277 Å². The first-order valence-electron chi connectivity index (χ1n) is 14.1. The minimum atomic E-state index is -4.63. The van der Waals surface area contributed by atoms with Gasteiger partial charge in [0, 0.05) is 22.0 Å². The highest BCUT2D eigenvalue weighted by Gasteiger charge is 2.45. The zero-order valence-corrected chi connectivity index (χ0v) is 29.5. The van der Waals surface area contributed by atoms with Crippen LogP contribution in [0.5, 0.6) is 11.5 Å². The molecule has 14 heteroatoms. The zero-order chi connectivity index (χ0) is 34.3. The molecule has 3 rings (SSSR count). The van der Waals surface area contributed by atoms with E-state index in [2.05, 4.69) is 5.32 Å². The molecule has 1 amide bonds. The predicted octanol–water partition coefficient (Wildman–Crippen LogP) is 7.72. The third-order valence-corrected chi connectivity index (χ3v) is 9.66. The number of benzene rings is 2. The number of esters is 2. The quantitative estimate of drug-likeness (QED) is 0.108. The third-order valence-electron chi connectivity index (χ3n) is 6.37. The van der Waals surface area contributed by atoms with Crippen molar-refractivity contribution in [3.63, 3.8) is 0 Å². The summed E-state index contributed by atoms with van der Waals surface area (Å²) in [6, 6.07) is 10.2. The molecule has 1 atom stereocenters. The molecular formula is C32H39ClNO10PS. The highest BCUT2D eigenvalue weighted by Crippen LogP contribution is 2.62. The minimum absolute atomic E-state index is 0.282. The molecule has 1 aromatic heterocycles. The summed E-state index contributed by atoms with van der Waals surface area (Å²) in [6.07, 6.45) is 2.94. The first-order valence-corrected chi connectivity index (χ1v) is 17.0. The molecule has 0 saturated carbocycles. The van der Waals surface area contributed by atoms with Crippen LogP contribution in [-0.4, -0.2) is 45.7 Å². The van der Waals surface area contributed by atoms with E-state index in [4.69, 9.17) is 39.6 Å². The van der Waals surface area contributed by atoms with Gasteiger partial charge in [-0.2, -0.15) is 0 Å². The number of fused-ring (bicyclic) bond motifs is 1. The van der Waals surface area contributed by atoms with Crippen molar-refractivity contribution in [2.45, 2.75) is 47.2 Å². The molecule has 1 unspecified atom stereocenters. The predicted molar refractivity (Wildman–Crippen MR) is 177 cm³/mol. The topological polar surface area (TPSA) is 136 Å². The second-order valence-corrected chi connectivity index (χ2v) is 15.6. The van der Waals surface area contributed by atoms with Gasteiger partial charge in [-0.05, 0) is 99.8 Å². The van der Waals surface area contributed by atoms with Crippen LogP contribution < -0.4 is 14.8 Å². The number of hydrogen-bond donors (Lipinski definition) is 1. The average Bonchev–Trinajstić information content (AvgIpc) is 3.38.